The topological polar surface area (TPSA) is 74.3 Å². The molecule has 0 spiro atoms. The third-order valence-electron chi connectivity index (χ3n) is 5.14. The first kappa shape index (κ1) is 21.0. The molecule has 8 heteroatoms. The van der Waals surface area contributed by atoms with Crippen LogP contribution in [-0.4, -0.2) is 40.8 Å². The SMILES string of the molecule is O=C(NC(Cc1ccccc1)C(=O)N1CCCC1)c1csc(Nc2ccc(F)cc2)n1. The number of hydrogen-bond donors (Lipinski definition) is 2. The van der Waals surface area contributed by atoms with E-state index in [0.717, 1.165) is 31.5 Å². The zero-order valence-electron chi connectivity index (χ0n) is 16.9. The molecular formula is C23H23FN4O2S. The summed E-state index contributed by atoms with van der Waals surface area (Å²) in [5.74, 6) is -0.775. The van der Waals surface area contributed by atoms with Gasteiger partial charge in [-0.3, -0.25) is 9.59 Å². The predicted molar refractivity (Wildman–Crippen MR) is 119 cm³/mol. The first-order chi connectivity index (χ1) is 15.1. The largest absolute Gasteiger partial charge is 0.341 e. The number of likely N-dealkylation sites (tertiary alicyclic amines) is 1. The molecule has 2 aromatic carbocycles. The van der Waals surface area contributed by atoms with Crippen LogP contribution in [0, 0.1) is 5.82 Å². The minimum absolute atomic E-state index is 0.0606. The summed E-state index contributed by atoms with van der Waals surface area (Å²) in [6.45, 7) is 1.45. The summed E-state index contributed by atoms with van der Waals surface area (Å²) in [6.07, 6.45) is 2.40. The highest BCUT2D eigenvalue weighted by Crippen LogP contribution is 2.21. The Morgan fingerprint density at radius 2 is 1.77 bits per heavy atom. The molecule has 31 heavy (non-hydrogen) atoms. The monoisotopic (exact) mass is 438 g/mol. The lowest BCUT2D eigenvalue weighted by molar-refractivity contribution is -0.132. The van der Waals surface area contributed by atoms with Crippen molar-refractivity contribution < 1.29 is 14.0 Å². The molecule has 2 heterocycles. The van der Waals surface area contributed by atoms with E-state index in [1.165, 1.54) is 23.5 Å². The minimum atomic E-state index is -0.650. The number of aromatic nitrogens is 1. The Balaban J connectivity index is 1.45. The summed E-state index contributed by atoms with van der Waals surface area (Å²) in [7, 11) is 0. The highest BCUT2D eigenvalue weighted by Gasteiger charge is 2.28. The van der Waals surface area contributed by atoms with Gasteiger partial charge in [0.2, 0.25) is 5.91 Å². The maximum Gasteiger partial charge on any atom is 0.271 e. The number of amides is 2. The highest BCUT2D eigenvalue weighted by atomic mass is 32.1. The van der Waals surface area contributed by atoms with Gasteiger partial charge in [-0.15, -0.1) is 11.3 Å². The summed E-state index contributed by atoms with van der Waals surface area (Å²) in [6, 6.07) is 14.9. The Morgan fingerprint density at radius 1 is 1.06 bits per heavy atom. The molecule has 2 N–H and O–H groups in total. The number of hydrogen-bond acceptors (Lipinski definition) is 5. The number of halogens is 1. The van der Waals surface area contributed by atoms with Crippen molar-refractivity contribution in [2.24, 2.45) is 0 Å². The van der Waals surface area contributed by atoms with Crippen LogP contribution in [0.25, 0.3) is 0 Å². The zero-order valence-corrected chi connectivity index (χ0v) is 17.7. The molecule has 2 amide bonds. The number of nitrogens with one attached hydrogen (secondary N) is 2. The summed E-state index contributed by atoms with van der Waals surface area (Å²) in [4.78, 5) is 32.0. The molecule has 1 aliphatic heterocycles. The van der Waals surface area contributed by atoms with Crippen LogP contribution in [0.15, 0.2) is 60.0 Å². The molecule has 1 aliphatic rings. The Morgan fingerprint density at radius 3 is 2.48 bits per heavy atom. The van der Waals surface area contributed by atoms with E-state index < -0.39 is 11.9 Å². The smallest absolute Gasteiger partial charge is 0.271 e. The van der Waals surface area contributed by atoms with Gasteiger partial charge >= 0.3 is 0 Å². The summed E-state index contributed by atoms with van der Waals surface area (Å²) in [5.41, 5.74) is 1.90. The second-order valence-electron chi connectivity index (χ2n) is 7.42. The van der Waals surface area contributed by atoms with Gasteiger partial charge in [0.25, 0.3) is 5.91 Å². The molecule has 160 valence electrons. The fourth-order valence-electron chi connectivity index (χ4n) is 3.53. The van der Waals surface area contributed by atoms with Crippen molar-refractivity contribution in [3.63, 3.8) is 0 Å². The molecule has 1 atom stereocenters. The van der Waals surface area contributed by atoms with Crippen molar-refractivity contribution in [1.82, 2.24) is 15.2 Å². The van der Waals surface area contributed by atoms with Crippen molar-refractivity contribution in [2.75, 3.05) is 18.4 Å². The number of carbonyl (C=O) groups excluding carboxylic acids is 2. The number of anilines is 2. The third kappa shape index (κ3) is 5.46. The molecule has 1 fully saturated rings. The fraction of sp³-hybridized carbons (Fsp3) is 0.261. The highest BCUT2D eigenvalue weighted by molar-refractivity contribution is 7.14. The van der Waals surface area contributed by atoms with Crippen molar-refractivity contribution in [1.29, 1.82) is 0 Å². The van der Waals surface area contributed by atoms with Gasteiger partial charge < -0.3 is 15.5 Å². The molecule has 0 saturated carbocycles. The number of rotatable bonds is 7. The fourth-order valence-corrected chi connectivity index (χ4v) is 4.24. The van der Waals surface area contributed by atoms with Gasteiger partial charge in [-0.25, -0.2) is 9.37 Å². The lowest BCUT2D eigenvalue weighted by atomic mass is 10.0. The van der Waals surface area contributed by atoms with E-state index in [2.05, 4.69) is 15.6 Å². The van der Waals surface area contributed by atoms with Crippen LogP contribution >= 0.6 is 11.3 Å². The Labute approximate surface area is 184 Å². The van der Waals surface area contributed by atoms with E-state index in [9.17, 15) is 14.0 Å². The second kappa shape index (κ2) is 9.70. The molecule has 0 radical (unpaired) electrons. The van der Waals surface area contributed by atoms with Crippen LogP contribution in [0.5, 0.6) is 0 Å². The molecule has 0 aliphatic carbocycles. The van der Waals surface area contributed by atoms with Gasteiger partial charge in [0.05, 0.1) is 0 Å². The van der Waals surface area contributed by atoms with Gasteiger partial charge in [0.15, 0.2) is 5.13 Å². The third-order valence-corrected chi connectivity index (χ3v) is 5.89. The molecule has 0 bridgehead atoms. The van der Waals surface area contributed by atoms with Crippen LogP contribution in [0.3, 0.4) is 0 Å². The van der Waals surface area contributed by atoms with Crippen LogP contribution in [-0.2, 0) is 11.2 Å². The van der Waals surface area contributed by atoms with Gasteiger partial charge in [-0.05, 0) is 42.7 Å². The van der Waals surface area contributed by atoms with Crippen LogP contribution in [0.2, 0.25) is 0 Å². The van der Waals surface area contributed by atoms with E-state index >= 15 is 0 Å². The quantitative estimate of drug-likeness (QED) is 0.585. The lowest BCUT2D eigenvalue weighted by Gasteiger charge is -2.24. The maximum absolute atomic E-state index is 13.1. The first-order valence-corrected chi connectivity index (χ1v) is 11.1. The molecule has 4 rings (SSSR count). The Bertz CT molecular complexity index is 1030. The van der Waals surface area contributed by atoms with E-state index in [1.54, 1.807) is 17.5 Å². The number of benzene rings is 2. The molecule has 1 unspecified atom stereocenters. The molecule has 3 aromatic rings. The summed E-state index contributed by atoms with van der Waals surface area (Å²) in [5, 5.41) is 8.09. The van der Waals surface area contributed by atoms with Crippen molar-refractivity contribution in [2.45, 2.75) is 25.3 Å². The number of carbonyl (C=O) groups is 2. The van der Waals surface area contributed by atoms with E-state index in [0.29, 0.717) is 17.2 Å². The van der Waals surface area contributed by atoms with Crippen LogP contribution in [0.4, 0.5) is 15.2 Å². The minimum Gasteiger partial charge on any atom is -0.341 e. The van der Waals surface area contributed by atoms with Crippen molar-refractivity contribution in [3.8, 4) is 0 Å². The standard InChI is InChI=1S/C23H23FN4O2S/c24-17-8-10-18(11-9-17)25-23-27-20(15-31-23)21(29)26-19(14-16-6-2-1-3-7-16)22(30)28-12-4-5-13-28/h1-3,6-11,15,19H,4-5,12-14H2,(H,25,27)(H,26,29). The summed E-state index contributed by atoms with van der Waals surface area (Å²) < 4.78 is 13.1. The van der Waals surface area contributed by atoms with Crippen LogP contribution in [0.1, 0.15) is 28.9 Å². The van der Waals surface area contributed by atoms with E-state index in [1.807, 2.05) is 35.2 Å². The van der Waals surface area contributed by atoms with Gasteiger partial charge in [0, 0.05) is 30.6 Å². The Kier molecular flexibility index (Phi) is 6.57. The lowest BCUT2D eigenvalue weighted by Crippen LogP contribution is -2.49. The molecule has 1 saturated heterocycles. The van der Waals surface area contributed by atoms with Gasteiger partial charge in [-0.2, -0.15) is 0 Å². The van der Waals surface area contributed by atoms with Crippen LogP contribution < -0.4 is 10.6 Å². The predicted octanol–water partition coefficient (Wildman–Crippen LogP) is 3.99. The average molecular weight is 439 g/mol. The van der Waals surface area contributed by atoms with E-state index in [4.69, 9.17) is 0 Å². The maximum atomic E-state index is 13.1. The average Bonchev–Trinajstić information content (AvgIpc) is 3.48. The number of thiazole rings is 1. The van der Waals surface area contributed by atoms with Crippen molar-refractivity contribution in [3.05, 3.63) is 77.1 Å². The van der Waals surface area contributed by atoms with Gasteiger partial charge in [0.1, 0.15) is 17.6 Å². The second-order valence-corrected chi connectivity index (χ2v) is 8.28. The normalized spacial score (nSPS) is 14.3. The summed E-state index contributed by atoms with van der Waals surface area (Å²) >= 11 is 1.27. The van der Waals surface area contributed by atoms with Gasteiger partial charge in [-0.1, -0.05) is 30.3 Å². The molecule has 6 nitrogen and oxygen atoms in total. The number of nitrogens with zero attached hydrogens (tertiary/aromatic N) is 2. The Hall–Kier alpha value is -3.26. The van der Waals surface area contributed by atoms with E-state index in [-0.39, 0.29) is 17.4 Å². The first-order valence-electron chi connectivity index (χ1n) is 10.2. The zero-order chi connectivity index (χ0) is 21.6. The van der Waals surface area contributed by atoms with Crippen molar-refractivity contribution >= 4 is 34.0 Å². The molecule has 1 aromatic heterocycles. The molecular weight excluding hydrogens is 415 g/mol.